The largest absolute Gasteiger partial charge is 0.486 e. The van der Waals surface area contributed by atoms with Crippen LogP contribution in [0.5, 0.6) is 11.5 Å². The van der Waals surface area contributed by atoms with E-state index in [-0.39, 0.29) is 17.7 Å². The number of hydrogen-bond acceptors (Lipinski definition) is 6. The summed E-state index contributed by atoms with van der Waals surface area (Å²) in [5.74, 6) is 0.653. The molecule has 1 aliphatic rings. The number of nitrogens with zero attached hydrogens (tertiary/aromatic N) is 1. The third-order valence-electron chi connectivity index (χ3n) is 4.55. The highest BCUT2D eigenvalue weighted by atomic mass is 32.1. The molecule has 0 saturated heterocycles. The summed E-state index contributed by atoms with van der Waals surface area (Å²) >= 11 is 1.35. The molecule has 2 heterocycles. The normalized spacial score (nSPS) is 13.9. The maximum atomic E-state index is 12.8. The van der Waals surface area contributed by atoms with Crippen molar-refractivity contribution in [2.24, 2.45) is 5.92 Å². The molecule has 0 aliphatic carbocycles. The zero-order valence-corrected chi connectivity index (χ0v) is 16.9. The first-order valence-corrected chi connectivity index (χ1v) is 10.2. The van der Waals surface area contributed by atoms with Crippen molar-refractivity contribution in [1.29, 1.82) is 0 Å². The highest BCUT2D eigenvalue weighted by molar-refractivity contribution is 7.22. The van der Waals surface area contributed by atoms with Crippen LogP contribution in [-0.2, 0) is 4.79 Å². The number of carbonyl (C=O) groups is 2. The van der Waals surface area contributed by atoms with E-state index in [1.807, 2.05) is 32.0 Å². The summed E-state index contributed by atoms with van der Waals surface area (Å²) in [6, 6.07) is 11.8. The summed E-state index contributed by atoms with van der Waals surface area (Å²) < 4.78 is 12.1. The van der Waals surface area contributed by atoms with Gasteiger partial charge in [0.1, 0.15) is 19.3 Å². The third kappa shape index (κ3) is 4.17. The van der Waals surface area contributed by atoms with E-state index in [4.69, 9.17) is 9.47 Å². The van der Waals surface area contributed by atoms with Crippen molar-refractivity contribution in [1.82, 2.24) is 10.3 Å². The molecule has 0 saturated carbocycles. The van der Waals surface area contributed by atoms with Crippen LogP contribution in [0.4, 0.5) is 5.13 Å². The Balaban J connectivity index is 1.51. The number of nitrogens with one attached hydrogen (secondary N) is 2. The van der Waals surface area contributed by atoms with Gasteiger partial charge < -0.3 is 20.1 Å². The Morgan fingerprint density at radius 2 is 1.76 bits per heavy atom. The number of amides is 2. The van der Waals surface area contributed by atoms with Crippen molar-refractivity contribution in [2.45, 2.75) is 19.9 Å². The van der Waals surface area contributed by atoms with E-state index in [2.05, 4.69) is 15.6 Å². The molecule has 7 nitrogen and oxygen atoms in total. The molecule has 0 spiro atoms. The lowest BCUT2D eigenvalue weighted by molar-refractivity contribution is -0.118. The Bertz CT molecular complexity index is 1010. The first-order chi connectivity index (χ1) is 14.0. The van der Waals surface area contributed by atoms with Gasteiger partial charge in [-0.15, -0.1) is 0 Å². The second-order valence-electron chi connectivity index (χ2n) is 7.03. The van der Waals surface area contributed by atoms with E-state index in [1.165, 1.54) is 11.3 Å². The first-order valence-electron chi connectivity index (χ1n) is 9.38. The Kier molecular flexibility index (Phi) is 5.35. The number of thiazole rings is 1. The molecular weight excluding hydrogens is 390 g/mol. The molecule has 2 aromatic carbocycles. The zero-order valence-electron chi connectivity index (χ0n) is 16.1. The third-order valence-corrected chi connectivity index (χ3v) is 5.49. The van der Waals surface area contributed by atoms with Crippen LogP contribution in [0.25, 0.3) is 10.2 Å². The van der Waals surface area contributed by atoms with E-state index < -0.39 is 6.04 Å². The maximum Gasteiger partial charge on any atom is 0.251 e. The maximum absolute atomic E-state index is 12.8. The van der Waals surface area contributed by atoms with Gasteiger partial charge in [-0.3, -0.25) is 9.59 Å². The van der Waals surface area contributed by atoms with Crippen molar-refractivity contribution in [2.75, 3.05) is 18.5 Å². The number of hydrogen-bond donors (Lipinski definition) is 2. The lowest BCUT2D eigenvalue weighted by Gasteiger charge is -2.21. The molecule has 1 aromatic heterocycles. The standard InChI is InChI=1S/C21H21N3O4S/c1-12(2)18(23-19(25)13-6-4-3-5-7-13)20(26)24-21-22-14-10-15-16(11-17(14)29-21)28-9-8-27-15/h3-7,10-12,18H,8-9H2,1-2H3,(H,23,25)(H,22,24,26)/t18-/m1/s1. The molecule has 3 aromatic rings. The number of rotatable bonds is 5. The van der Waals surface area contributed by atoms with E-state index in [1.54, 1.807) is 24.3 Å². The predicted octanol–water partition coefficient (Wildman–Crippen LogP) is 3.46. The number of aromatic nitrogens is 1. The van der Waals surface area contributed by atoms with Gasteiger partial charge in [-0.2, -0.15) is 0 Å². The number of carbonyl (C=O) groups excluding carboxylic acids is 2. The molecule has 4 rings (SSSR count). The highest BCUT2D eigenvalue weighted by Crippen LogP contribution is 2.37. The SMILES string of the molecule is CC(C)[C@@H](NC(=O)c1ccccc1)C(=O)Nc1nc2cc3c(cc2s1)OCCO3. The van der Waals surface area contributed by atoms with Gasteiger partial charge in [0.05, 0.1) is 10.2 Å². The number of fused-ring (bicyclic) bond motifs is 2. The zero-order chi connectivity index (χ0) is 20.4. The van der Waals surface area contributed by atoms with Gasteiger partial charge in [0.15, 0.2) is 16.6 Å². The smallest absolute Gasteiger partial charge is 0.251 e. The van der Waals surface area contributed by atoms with Crippen molar-refractivity contribution in [3.8, 4) is 11.5 Å². The monoisotopic (exact) mass is 411 g/mol. The topological polar surface area (TPSA) is 89.6 Å². The minimum atomic E-state index is -0.686. The molecule has 150 valence electrons. The lowest BCUT2D eigenvalue weighted by Crippen LogP contribution is -2.47. The Morgan fingerprint density at radius 1 is 1.07 bits per heavy atom. The van der Waals surface area contributed by atoms with Crippen LogP contribution in [0, 0.1) is 5.92 Å². The van der Waals surface area contributed by atoms with E-state index in [0.29, 0.717) is 35.4 Å². The van der Waals surface area contributed by atoms with Crippen LogP contribution in [0.3, 0.4) is 0 Å². The molecule has 2 N–H and O–H groups in total. The number of anilines is 1. The van der Waals surface area contributed by atoms with Crippen LogP contribution < -0.4 is 20.1 Å². The van der Waals surface area contributed by atoms with Gasteiger partial charge in [0, 0.05) is 17.7 Å². The van der Waals surface area contributed by atoms with Crippen molar-refractivity contribution in [3.05, 3.63) is 48.0 Å². The molecule has 29 heavy (non-hydrogen) atoms. The van der Waals surface area contributed by atoms with E-state index in [9.17, 15) is 9.59 Å². The fraction of sp³-hybridized carbons (Fsp3) is 0.286. The first kappa shape index (κ1) is 19.2. The Morgan fingerprint density at radius 3 is 2.45 bits per heavy atom. The average molecular weight is 411 g/mol. The minimum absolute atomic E-state index is 0.0915. The molecule has 0 radical (unpaired) electrons. The molecule has 8 heteroatoms. The molecule has 1 atom stereocenters. The second-order valence-corrected chi connectivity index (χ2v) is 8.06. The summed E-state index contributed by atoms with van der Waals surface area (Å²) in [6.07, 6.45) is 0. The predicted molar refractivity (Wildman–Crippen MR) is 112 cm³/mol. The summed E-state index contributed by atoms with van der Waals surface area (Å²) in [5, 5.41) is 6.11. The van der Waals surface area contributed by atoms with Gasteiger partial charge in [-0.25, -0.2) is 4.98 Å². The molecule has 0 bridgehead atoms. The Hall–Kier alpha value is -3.13. The molecule has 1 aliphatic heterocycles. The van der Waals surface area contributed by atoms with E-state index in [0.717, 1.165) is 10.2 Å². The summed E-state index contributed by atoms with van der Waals surface area (Å²) in [7, 11) is 0. The van der Waals surface area contributed by atoms with Crippen molar-refractivity contribution in [3.63, 3.8) is 0 Å². The highest BCUT2D eigenvalue weighted by Gasteiger charge is 2.26. The molecule has 2 amide bonds. The summed E-state index contributed by atoms with van der Waals surface area (Å²) in [4.78, 5) is 29.8. The van der Waals surface area contributed by atoms with Crippen molar-refractivity contribution < 1.29 is 19.1 Å². The van der Waals surface area contributed by atoms with Crippen LogP contribution in [0.2, 0.25) is 0 Å². The Labute approximate surface area is 172 Å². The van der Waals surface area contributed by atoms with Gasteiger partial charge >= 0.3 is 0 Å². The van der Waals surface area contributed by atoms with Crippen LogP contribution >= 0.6 is 11.3 Å². The average Bonchev–Trinajstić information content (AvgIpc) is 3.11. The fourth-order valence-electron chi connectivity index (χ4n) is 3.05. The molecule has 0 fully saturated rings. The summed E-state index contributed by atoms with van der Waals surface area (Å²) in [6.45, 7) is 4.79. The molecule has 0 unspecified atom stereocenters. The minimum Gasteiger partial charge on any atom is -0.486 e. The summed E-state index contributed by atoms with van der Waals surface area (Å²) in [5.41, 5.74) is 1.24. The van der Waals surface area contributed by atoms with Gasteiger partial charge in [0.2, 0.25) is 5.91 Å². The fourth-order valence-corrected chi connectivity index (χ4v) is 3.93. The number of benzene rings is 2. The van der Waals surface area contributed by atoms with Crippen molar-refractivity contribution >= 4 is 38.5 Å². The van der Waals surface area contributed by atoms with Crippen LogP contribution in [0.15, 0.2) is 42.5 Å². The second kappa shape index (κ2) is 8.08. The van der Waals surface area contributed by atoms with Gasteiger partial charge in [-0.05, 0) is 18.1 Å². The molecular formula is C21H21N3O4S. The number of ether oxygens (including phenoxy) is 2. The van der Waals surface area contributed by atoms with Gasteiger partial charge in [0.25, 0.3) is 5.91 Å². The van der Waals surface area contributed by atoms with Gasteiger partial charge in [-0.1, -0.05) is 43.4 Å². The quantitative estimate of drug-likeness (QED) is 0.671. The van der Waals surface area contributed by atoms with E-state index >= 15 is 0 Å². The van der Waals surface area contributed by atoms with Crippen LogP contribution in [-0.4, -0.2) is 36.1 Å². The lowest BCUT2D eigenvalue weighted by atomic mass is 10.0. The van der Waals surface area contributed by atoms with Crippen LogP contribution in [0.1, 0.15) is 24.2 Å².